The molecule has 6 heteroatoms. The van der Waals surface area contributed by atoms with Crippen molar-refractivity contribution in [3.05, 3.63) is 29.6 Å². The van der Waals surface area contributed by atoms with Gasteiger partial charge in [-0.05, 0) is 25.0 Å². The van der Waals surface area contributed by atoms with Crippen LogP contribution >= 0.6 is 0 Å². The molecule has 1 aromatic rings. The highest BCUT2D eigenvalue weighted by Crippen LogP contribution is 2.20. The number of ether oxygens (including phenoxy) is 1. The maximum Gasteiger partial charge on any atom is 0.328 e. The van der Waals surface area contributed by atoms with Gasteiger partial charge in [-0.2, -0.15) is 0 Å². The van der Waals surface area contributed by atoms with Crippen LogP contribution in [0.1, 0.15) is 20.8 Å². The van der Waals surface area contributed by atoms with Crippen LogP contribution < -0.4 is 5.32 Å². The van der Waals surface area contributed by atoms with Crippen LogP contribution in [0.15, 0.2) is 12.1 Å². The van der Waals surface area contributed by atoms with E-state index in [9.17, 15) is 18.0 Å². The molecule has 1 N–H and O–H groups in total. The maximum atomic E-state index is 13.4. The smallest absolute Gasteiger partial charge is 0.328 e. The van der Waals surface area contributed by atoms with Crippen LogP contribution in [-0.2, 0) is 9.53 Å². The van der Waals surface area contributed by atoms with Crippen molar-refractivity contribution < 1.29 is 22.7 Å². The van der Waals surface area contributed by atoms with E-state index in [1.54, 1.807) is 0 Å². The van der Waals surface area contributed by atoms with Gasteiger partial charge in [0.05, 0.1) is 12.3 Å². The third-order valence-electron chi connectivity index (χ3n) is 2.32. The first kappa shape index (κ1) is 15.3. The number of rotatable bonds is 5. The molecule has 19 heavy (non-hydrogen) atoms. The summed E-state index contributed by atoms with van der Waals surface area (Å²) < 4.78 is 44.0. The molecule has 0 saturated heterocycles. The number of anilines is 1. The van der Waals surface area contributed by atoms with Crippen molar-refractivity contribution in [2.24, 2.45) is 5.92 Å². The minimum atomic E-state index is -1.58. The highest BCUT2D eigenvalue weighted by Gasteiger charge is 2.19. The van der Waals surface area contributed by atoms with E-state index < -0.39 is 29.5 Å². The predicted octanol–water partition coefficient (Wildman–Crippen LogP) is 3.10. The van der Waals surface area contributed by atoms with Crippen molar-refractivity contribution in [3.63, 3.8) is 0 Å². The number of hydrogen-bond donors (Lipinski definition) is 1. The van der Waals surface area contributed by atoms with E-state index in [1.165, 1.54) is 6.92 Å². The zero-order chi connectivity index (χ0) is 14.6. The maximum absolute atomic E-state index is 13.4. The largest absolute Gasteiger partial charge is 0.464 e. The summed E-state index contributed by atoms with van der Waals surface area (Å²) in [7, 11) is 0. The minimum Gasteiger partial charge on any atom is -0.464 e. The Morgan fingerprint density at radius 3 is 2.42 bits per heavy atom. The Bertz CT molecular complexity index is 463. The number of halogens is 3. The highest BCUT2D eigenvalue weighted by atomic mass is 19.2. The van der Waals surface area contributed by atoms with Crippen LogP contribution in [0.5, 0.6) is 0 Å². The molecule has 0 amide bonds. The van der Waals surface area contributed by atoms with E-state index in [2.05, 4.69) is 5.32 Å². The molecule has 0 saturated carbocycles. The van der Waals surface area contributed by atoms with Crippen molar-refractivity contribution in [2.75, 3.05) is 11.9 Å². The average molecular weight is 275 g/mol. The van der Waals surface area contributed by atoms with Crippen LogP contribution in [0.3, 0.4) is 0 Å². The predicted molar refractivity (Wildman–Crippen MR) is 65.2 cm³/mol. The first-order chi connectivity index (χ1) is 8.82. The SMILES string of the molecule is CC(C)COC(=O)[C@H](C)Nc1ccc(F)c(F)c1F. The Labute approximate surface area is 109 Å². The summed E-state index contributed by atoms with van der Waals surface area (Å²) in [5.41, 5.74) is -0.284. The molecule has 1 rings (SSSR count). The fourth-order valence-corrected chi connectivity index (χ4v) is 1.30. The summed E-state index contributed by atoms with van der Waals surface area (Å²) in [5.74, 6) is -4.62. The van der Waals surface area contributed by atoms with Crippen LogP contribution in [-0.4, -0.2) is 18.6 Å². The number of nitrogens with one attached hydrogen (secondary N) is 1. The van der Waals surface area contributed by atoms with E-state index in [-0.39, 0.29) is 18.2 Å². The Hall–Kier alpha value is -1.72. The Kier molecular flexibility index (Phi) is 5.20. The van der Waals surface area contributed by atoms with Gasteiger partial charge < -0.3 is 10.1 Å². The molecule has 0 spiro atoms. The van der Waals surface area contributed by atoms with Crippen molar-refractivity contribution in [1.82, 2.24) is 0 Å². The Morgan fingerprint density at radius 1 is 1.21 bits per heavy atom. The summed E-state index contributed by atoms with van der Waals surface area (Å²) >= 11 is 0. The molecule has 1 aromatic carbocycles. The lowest BCUT2D eigenvalue weighted by atomic mass is 10.2. The van der Waals surface area contributed by atoms with Crippen LogP contribution in [0.4, 0.5) is 18.9 Å². The van der Waals surface area contributed by atoms with Crippen molar-refractivity contribution in [3.8, 4) is 0 Å². The standard InChI is InChI=1S/C13H16F3NO2/c1-7(2)6-19-13(18)8(3)17-10-5-4-9(14)11(15)12(10)16/h4-5,7-8,17H,6H2,1-3H3/t8-/m0/s1. The molecule has 0 aromatic heterocycles. The van der Waals surface area contributed by atoms with Crippen molar-refractivity contribution in [2.45, 2.75) is 26.8 Å². The molecule has 0 heterocycles. The first-order valence-electron chi connectivity index (χ1n) is 5.89. The molecule has 1 atom stereocenters. The zero-order valence-electron chi connectivity index (χ0n) is 11.0. The normalized spacial score (nSPS) is 12.4. The second kappa shape index (κ2) is 6.45. The van der Waals surface area contributed by atoms with Crippen LogP contribution in [0.25, 0.3) is 0 Å². The second-order valence-electron chi connectivity index (χ2n) is 4.61. The summed E-state index contributed by atoms with van der Waals surface area (Å²) in [6.45, 7) is 5.44. The number of carbonyl (C=O) groups excluding carboxylic acids is 1. The molecule has 0 aliphatic rings. The molecule has 0 aliphatic heterocycles. The fourth-order valence-electron chi connectivity index (χ4n) is 1.30. The molecule has 106 valence electrons. The molecule has 0 bridgehead atoms. The van der Waals surface area contributed by atoms with Gasteiger partial charge in [0.2, 0.25) is 0 Å². The van der Waals surface area contributed by atoms with E-state index in [0.717, 1.165) is 12.1 Å². The summed E-state index contributed by atoms with van der Waals surface area (Å²) in [4.78, 5) is 11.5. The minimum absolute atomic E-state index is 0.177. The van der Waals surface area contributed by atoms with Gasteiger partial charge in [0.15, 0.2) is 17.5 Å². The molecular weight excluding hydrogens is 259 g/mol. The summed E-state index contributed by atoms with van der Waals surface area (Å²) in [6, 6.07) is 0.950. The van der Waals surface area contributed by atoms with Crippen LogP contribution in [0.2, 0.25) is 0 Å². The Morgan fingerprint density at radius 2 is 1.84 bits per heavy atom. The molecule has 3 nitrogen and oxygen atoms in total. The first-order valence-corrected chi connectivity index (χ1v) is 5.89. The molecular formula is C13H16F3NO2. The van der Waals surface area contributed by atoms with E-state index >= 15 is 0 Å². The van der Waals surface area contributed by atoms with Gasteiger partial charge in [-0.3, -0.25) is 0 Å². The van der Waals surface area contributed by atoms with Crippen molar-refractivity contribution >= 4 is 11.7 Å². The third-order valence-corrected chi connectivity index (χ3v) is 2.32. The molecule has 0 unspecified atom stereocenters. The van der Waals surface area contributed by atoms with Gasteiger partial charge in [-0.25, -0.2) is 18.0 Å². The lowest BCUT2D eigenvalue weighted by Gasteiger charge is -2.16. The zero-order valence-corrected chi connectivity index (χ0v) is 11.0. The third kappa shape index (κ3) is 4.15. The fraction of sp³-hybridized carbons (Fsp3) is 0.462. The van der Waals surface area contributed by atoms with E-state index in [0.29, 0.717) is 0 Å². The average Bonchev–Trinajstić information content (AvgIpc) is 2.36. The number of esters is 1. The lowest BCUT2D eigenvalue weighted by Crippen LogP contribution is -2.29. The van der Waals surface area contributed by atoms with Gasteiger partial charge in [0, 0.05) is 0 Å². The van der Waals surface area contributed by atoms with Crippen molar-refractivity contribution in [1.29, 1.82) is 0 Å². The Balaban J connectivity index is 2.69. The van der Waals surface area contributed by atoms with Gasteiger partial charge in [-0.15, -0.1) is 0 Å². The van der Waals surface area contributed by atoms with Gasteiger partial charge in [-0.1, -0.05) is 13.8 Å². The van der Waals surface area contributed by atoms with Gasteiger partial charge in [0.1, 0.15) is 6.04 Å². The van der Waals surface area contributed by atoms with E-state index in [1.807, 2.05) is 13.8 Å². The molecule has 0 fully saturated rings. The van der Waals surface area contributed by atoms with Crippen LogP contribution in [0, 0.1) is 23.4 Å². The van der Waals surface area contributed by atoms with E-state index in [4.69, 9.17) is 4.74 Å². The number of carbonyl (C=O) groups is 1. The number of benzene rings is 1. The number of hydrogen-bond acceptors (Lipinski definition) is 3. The summed E-state index contributed by atoms with van der Waals surface area (Å²) in [6.07, 6.45) is 0. The van der Waals surface area contributed by atoms with Gasteiger partial charge in [0.25, 0.3) is 0 Å². The topological polar surface area (TPSA) is 38.3 Å². The second-order valence-corrected chi connectivity index (χ2v) is 4.61. The molecule has 0 aliphatic carbocycles. The quantitative estimate of drug-likeness (QED) is 0.663. The monoisotopic (exact) mass is 275 g/mol. The van der Waals surface area contributed by atoms with Gasteiger partial charge >= 0.3 is 5.97 Å². The summed E-state index contributed by atoms with van der Waals surface area (Å²) in [5, 5.41) is 2.45. The molecule has 0 radical (unpaired) electrons. The lowest BCUT2D eigenvalue weighted by molar-refractivity contribution is -0.145. The highest BCUT2D eigenvalue weighted by molar-refractivity contribution is 5.78.